The first-order chi connectivity index (χ1) is 10.1. The Morgan fingerprint density at radius 1 is 1.48 bits per heavy atom. The Bertz CT molecular complexity index is 654. The fourth-order valence-corrected chi connectivity index (χ4v) is 3.25. The van der Waals surface area contributed by atoms with Crippen LogP contribution in [0, 0.1) is 5.92 Å². The number of aliphatic hydroxyl groups excluding tert-OH is 1. The van der Waals surface area contributed by atoms with Gasteiger partial charge in [0.05, 0.1) is 12.1 Å². The number of carbonyl (C=O) groups is 1. The van der Waals surface area contributed by atoms with E-state index >= 15 is 0 Å². The van der Waals surface area contributed by atoms with Crippen LogP contribution >= 0.6 is 0 Å². The third kappa shape index (κ3) is 2.76. The van der Waals surface area contributed by atoms with Crippen molar-refractivity contribution in [2.24, 2.45) is 5.92 Å². The van der Waals surface area contributed by atoms with Gasteiger partial charge in [-0.1, -0.05) is 19.8 Å². The summed E-state index contributed by atoms with van der Waals surface area (Å²) in [4.78, 5) is 12.5. The van der Waals surface area contributed by atoms with Gasteiger partial charge >= 0.3 is 0 Å². The van der Waals surface area contributed by atoms with Gasteiger partial charge in [0.25, 0.3) is 5.91 Å². The molecule has 1 heterocycles. The van der Waals surface area contributed by atoms with Crippen LogP contribution in [-0.4, -0.2) is 38.6 Å². The molecule has 1 aliphatic rings. The molecule has 1 saturated carbocycles. The third-order valence-corrected chi connectivity index (χ3v) is 4.35. The van der Waals surface area contributed by atoms with Gasteiger partial charge in [-0.15, -0.1) is 0 Å². The first-order valence-corrected chi connectivity index (χ1v) is 7.36. The maximum absolute atomic E-state index is 12.5. The van der Waals surface area contributed by atoms with Crippen molar-refractivity contribution < 1.29 is 9.90 Å². The molecule has 2 atom stereocenters. The average Bonchev–Trinajstić information content (AvgIpc) is 2.94. The molecule has 3 rings (SSSR count). The summed E-state index contributed by atoms with van der Waals surface area (Å²) in [5.41, 5.74) is 1.45. The zero-order chi connectivity index (χ0) is 14.9. The van der Waals surface area contributed by atoms with Crippen molar-refractivity contribution in [2.45, 2.75) is 38.1 Å². The largest absolute Gasteiger partial charge is 0.394 e. The highest BCUT2D eigenvalue weighted by Crippen LogP contribution is 2.32. The second kappa shape index (κ2) is 5.44. The molecular weight excluding hydrogens is 268 g/mol. The summed E-state index contributed by atoms with van der Waals surface area (Å²) < 4.78 is 0. The zero-order valence-electron chi connectivity index (χ0n) is 12.1. The number of amides is 1. The van der Waals surface area contributed by atoms with E-state index in [-0.39, 0.29) is 12.5 Å². The van der Waals surface area contributed by atoms with Crippen molar-refractivity contribution >= 4 is 16.9 Å². The lowest BCUT2D eigenvalue weighted by Crippen LogP contribution is -2.53. The number of rotatable bonds is 3. The highest BCUT2D eigenvalue weighted by molar-refractivity contribution is 5.97. The van der Waals surface area contributed by atoms with Gasteiger partial charge in [0.2, 0.25) is 0 Å². The van der Waals surface area contributed by atoms with Crippen molar-refractivity contribution in [3.63, 3.8) is 0 Å². The molecule has 21 heavy (non-hydrogen) atoms. The van der Waals surface area contributed by atoms with E-state index in [1.807, 2.05) is 0 Å². The molecule has 2 aromatic rings. The smallest absolute Gasteiger partial charge is 0.251 e. The number of nitrogens with one attached hydrogen (secondary N) is 2. The fraction of sp³-hybridized carbons (Fsp3) is 0.533. The minimum absolute atomic E-state index is 0.0186. The molecule has 0 spiro atoms. The maximum Gasteiger partial charge on any atom is 0.251 e. The Morgan fingerprint density at radius 3 is 3.05 bits per heavy atom. The number of carbonyl (C=O) groups excluding carboxylic acids is 1. The number of fused-ring (bicyclic) bond motifs is 1. The van der Waals surface area contributed by atoms with Crippen LogP contribution < -0.4 is 5.32 Å². The van der Waals surface area contributed by atoms with Crippen LogP contribution in [0.3, 0.4) is 0 Å². The van der Waals surface area contributed by atoms with E-state index in [0.717, 1.165) is 31.2 Å². The first-order valence-electron chi connectivity index (χ1n) is 7.36. The number of aromatic nitrogens is 3. The van der Waals surface area contributed by atoms with Crippen molar-refractivity contribution in [1.82, 2.24) is 20.7 Å². The molecule has 112 valence electrons. The Balaban J connectivity index is 1.80. The molecule has 1 aliphatic carbocycles. The number of H-pyrrole nitrogens is 1. The number of hydrogen-bond donors (Lipinski definition) is 3. The molecule has 0 saturated heterocycles. The van der Waals surface area contributed by atoms with Crippen molar-refractivity contribution in [2.75, 3.05) is 6.61 Å². The van der Waals surface area contributed by atoms with Gasteiger partial charge in [-0.3, -0.25) is 4.79 Å². The van der Waals surface area contributed by atoms with Crippen molar-refractivity contribution in [3.8, 4) is 0 Å². The molecule has 1 fully saturated rings. The Morgan fingerprint density at radius 2 is 2.29 bits per heavy atom. The van der Waals surface area contributed by atoms with Crippen LogP contribution in [0.25, 0.3) is 11.0 Å². The summed E-state index contributed by atoms with van der Waals surface area (Å²) in [5, 5.41) is 23.3. The highest BCUT2D eigenvalue weighted by Gasteiger charge is 2.35. The van der Waals surface area contributed by atoms with Gasteiger partial charge in [0, 0.05) is 5.56 Å². The van der Waals surface area contributed by atoms with E-state index in [2.05, 4.69) is 27.7 Å². The molecule has 0 bridgehead atoms. The van der Waals surface area contributed by atoms with E-state index in [1.54, 1.807) is 18.2 Å². The molecule has 3 N–H and O–H groups in total. The summed E-state index contributed by atoms with van der Waals surface area (Å²) >= 11 is 0. The lowest BCUT2D eigenvalue weighted by atomic mass is 9.76. The van der Waals surface area contributed by atoms with E-state index in [0.29, 0.717) is 17.0 Å². The topological polar surface area (TPSA) is 90.9 Å². The fourth-order valence-electron chi connectivity index (χ4n) is 3.25. The SMILES string of the molecule is CC1CCCC(CO)(NC(=O)c2ccc3n[nH]nc3c2)C1. The van der Waals surface area contributed by atoms with Gasteiger partial charge in [0.15, 0.2) is 0 Å². The Labute approximate surface area is 122 Å². The van der Waals surface area contributed by atoms with Gasteiger partial charge in [0.1, 0.15) is 11.0 Å². The van der Waals surface area contributed by atoms with Crippen LogP contribution in [0.1, 0.15) is 43.0 Å². The number of benzene rings is 1. The van der Waals surface area contributed by atoms with E-state index in [9.17, 15) is 9.90 Å². The molecule has 1 aromatic heterocycles. The zero-order valence-corrected chi connectivity index (χ0v) is 12.1. The first kappa shape index (κ1) is 14.0. The van der Waals surface area contributed by atoms with Gasteiger partial charge in [-0.25, -0.2) is 0 Å². The van der Waals surface area contributed by atoms with Crippen molar-refractivity contribution in [3.05, 3.63) is 23.8 Å². The maximum atomic E-state index is 12.5. The molecule has 1 aromatic carbocycles. The minimum atomic E-state index is -0.493. The average molecular weight is 288 g/mol. The Hall–Kier alpha value is -1.95. The van der Waals surface area contributed by atoms with Crippen LogP contribution in [-0.2, 0) is 0 Å². The van der Waals surface area contributed by atoms with Crippen LogP contribution in [0.2, 0.25) is 0 Å². The summed E-state index contributed by atoms with van der Waals surface area (Å²) in [6, 6.07) is 5.21. The number of aromatic amines is 1. The third-order valence-electron chi connectivity index (χ3n) is 4.35. The van der Waals surface area contributed by atoms with Crippen molar-refractivity contribution in [1.29, 1.82) is 0 Å². The van der Waals surface area contributed by atoms with Crippen LogP contribution in [0.4, 0.5) is 0 Å². The molecule has 1 amide bonds. The summed E-state index contributed by atoms with van der Waals surface area (Å²) in [7, 11) is 0. The second-order valence-corrected chi connectivity index (χ2v) is 6.12. The summed E-state index contributed by atoms with van der Waals surface area (Å²) in [6.07, 6.45) is 3.83. The second-order valence-electron chi connectivity index (χ2n) is 6.12. The van der Waals surface area contributed by atoms with Gasteiger partial charge in [-0.05, 0) is 37.0 Å². The molecule has 0 radical (unpaired) electrons. The van der Waals surface area contributed by atoms with Gasteiger partial charge < -0.3 is 10.4 Å². The minimum Gasteiger partial charge on any atom is -0.394 e. The normalized spacial score (nSPS) is 25.9. The number of nitrogens with zero attached hydrogens (tertiary/aromatic N) is 2. The molecule has 2 unspecified atom stereocenters. The lowest BCUT2D eigenvalue weighted by molar-refractivity contribution is 0.0697. The number of hydrogen-bond acceptors (Lipinski definition) is 4. The molecule has 6 nitrogen and oxygen atoms in total. The highest BCUT2D eigenvalue weighted by atomic mass is 16.3. The van der Waals surface area contributed by atoms with Crippen LogP contribution in [0.5, 0.6) is 0 Å². The monoisotopic (exact) mass is 288 g/mol. The molecule has 6 heteroatoms. The predicted molar refractivity (Wildman–Crippen MR) is 78.8 cm³/mol. The lowest BCUT2D eigenvalue weighted by Gasteiger charge is -2.39. The van der Waals surface area contributed by atoms with Gasteiger partial charge in [-0.2, -0.15) is 15.4 Å². The standard InChI is InChI=1S/C15H20N4O2/c1-10-3-2-6-15(8-10,9-20)16-14(21)11-4-5-12-13(7-11)18-19-17-12/h4-5,7,10,20H,2-3,6,8-9H2,1H3,(H,16,21)(H,17,18,19). The van der Waals surface area contributed by atoms with Crippen LogP contribution in [0.15, 0.2) is 18.2 Å². The molecular formula is C15H20N4O2. The van der Waals surface area contributed by atoms with E-state index < -0.39 is 5.54 Å². The van der Waals surface area contributed by atoms with E-state index in [1.165, 1.54) is 0 Å². The molecule has 0 aliphatic heterocycles. The summed E-state index contributed by atoms with van der Waals surface area (Å²) in [6.45, 7) is 2.15. The number of aliphatic hydroxyl groups is 1. The predicted octanol–water partition coefficient (Wildman–Crippen LogP) is 1.63. The summed E-state index contributed by atoms with van der Waals surface area (Å²) in [5.74, 6) is 0.354. The van der Waals surface area contributed by atoms with E-state index in [4.69, 9.17) is 0 Å². The Kier molecular flexibility index (Phi) is 3.63. The quantitative estimate of drug-likeness (QED) is 0.800.